The first-order chi connectivity index (χ1) is 11.7. The van der Waals surface area contributed by atoms with E-state index in [-0.39, 0.29) is 16.4 Å². The van der Waals surface area contributed by atoms with Crippen LogP contribution in [-0.4, -0.2) is 41.6 Å². The minimum absolute atomic E-state index is 0.00911. The second-order valence-corrected chi connectivity index (χ2v) is 10.2. The minimum Gasteiger partial charge on any atom is -0.344 e. The van der Waals surface area contributed by atoms with Crippen LogP contribution in [0.2, 0.25) is 0 Å². The van der Waals surface area contributed by atoms with Crippen LogP contribution in [0.3, 0.4) is 0 Å². The summed E-state index contributed by atoms with van der Waals surface area (Å²) >= 11 is 0. The number of aromatic nitrogens is 2. The number of H-pyrrole nitrogens is 1. The van der Waals surface area contributed by atoms with E-state index >= 15 is 0 Å². The van der Waals surface area contributed by atoms with E-state index in [1.807, 2.05) is 36.5 Å². The third kappa shape index (κ3) is 4.50. The van der Waals surface area contributed by atoms with Crippen molar-refractivity contribution in [2.75, 3.05) is 13.1 Å². The highest BCUT2D eigenvalue weighted by molar-refractivity contribution is 7.91. The quantitative estimate of drug-likeness (QED) is 0.889. The number of rotatable bonds is 5. The molecule has 3 rings (SSSR count). The van der Waals surface area contributed by atoms with Gasteiger partial charge in [-0.3, -0.25) is 4.90 Å². The summed E-state index contributed by atoms with van der Waals surface area (Å²) in [6, 6.07) is 9.43. The van der Waals surface area contributed by atoms with Crippen molar-refractivity contribution in [3.8, 4) is 0 Å². The number of nitrogens with one attached hydrogen (secondary N) is 1. The van der Waals surface area contributed by atoms with Gasteiger partial charge in [-0.15, -0.1) is 0 Å². The highest BCUT2D eigenvalue weighted by atomic mass is 32.2. The van der Waals surface area contributed by atoms with E-state index in [9.17, 15) is 8.42 Å². The molecule has 0 saturated carbocycles. The third-order valence-electron chi connectivity index (χ3n) is 4.68. The average Bonchev–Trinajstić information content (AvgIpc) is 3.17. The molecule has 6 heteroatoms. The predicted octanol–water partition coefficient (Wildman–Crippen LogP) is 2.90. The molecule has 5 nitrogen and oxygen atoms in total. The average molecular weight is 362 g/mol. The fourth-order valence-electron chi connectivity index (χ4n) is 3.22. The van der Waals surface area contributed by atoms with Crippen molar-refractivity contribution < 1.29 is 8.42 Å². The van der Waals surface area contributed by atoms with Crippen LogP contribution < -0.4 is 0 Å². The Morgan fingerprint density at radius 1 is 1.24 bits per heavy atom. The molecular formula is C19H27N3O2S. The molecule has 1 N–H and O–H groups in total. The summed E-state index contributed by atoms with van der Waals surface area (Å²) in [6.07, 6.45) is 2.57. The maximum Gasteiger partial charge on any atom is 0.158 e. The fourth-order valence-corrected chi connectivity index (χ4v) is 5.01. The summed E-state index contributed by atoms with van der Waals surface area (Å²) in [7, 11) is -3.12. The van der Waals surface area contributed by atoms with Crippen molar-refractivity contribution in [1.29, 1.82) is 0 Å². The molecule has 0 amide bonds. The van der Waals surface area contributed by atoms with Gasteiger partial charge in [0.25, 0.3) is 0 Å². The highest BCUT2D eigenvalue weighted by Crippen LogP contribution is 2.23. The zero-order valence-corrected chi connectivity index (χ0v) is 16.0. The zero-order valence-electron chi connectivity index (χ0n) is 15.2. The number of nitrogens with zero attached hydrogens (tertiary/aromatic N) is 2. The number of likely N-dealkylation sites (tertiary alicyclic amines) is 1. The molecule has 0 spiro atoms. The largest absolute Gasteiger partial charge is 0.344 e. The Bertz CT molecular complexity index is 807. The first-order valence-electron chi connectivity index (χ1n) is 8.76. The molecule has 2 heterocycles. The molecule has 0 radical (unpaired) electrons. The molecule has 1 atom stereocenters. The molecule has 1 fully saturated rings. The van der Waals surface area contributed by atoms with Gasteiger partial charge in [-0.05, 0) is 18.5 Å². The van der Waals surface area contributed by atoms with Gasteiger partial charge in [-0.2, -0.15) is 0 Å². The van der Waals surface area contributed by atoms with E-state index in [1.54, 1.807) is 0 Å². The van der Waals surface area contributed by atoms with Gasteiger partial charge in [-0.1, -0.05) is 51.1 Å². The standard InChI is InChI=1S/C19H27N3O2S/c1-19(2,3)18-20-11-16(21-18)12-22-10-9-17(13-22)25(23,24)14-15-7-5-4-6-8-15/h4-8,11,17H,9-10,12-14H2,1-3H3,(H,20,21). The summed E-state index contributed by atoms with van der Waals surface area (Å²) < 4.78 is 25.4. The summed E-state index contributed by atoms with van der Waals surface area (Å²) in [5, 5.41) is -0.280. The summed E-state index contributed by atoms with van der Waals surface area (Å²) in [5.41, 5.74) is 1.90. The monoisotopic (exact) mass is 361 g/mol. The number of hydrogen-bond acceptors (Lipinski definition) is 4. The van der Waals surface area contributed by atoms with Crippen molar-refractivity contribution in [1.82, 2.24) is 14.9 Å². The first-order valence-corrected chi connectivity index (χ1v) is 10.5. The van der Waals surface area contributed by atoms with Crippen LogP contribution in [-0.2, 0) is 27.5 Å². The lowest BCUT2D eigenvalue weighted by atomic mass is 9.96. The predicted molar refractivity (Wildman–Crippen MR) is 100 cm³/mol. The van der Waals surface area contributed by atoms with Crippen molar-refractivity contribution in [2.45, 2.75) is 50.2 Å². The Kier molecular flexibility index (Phi) is 5.02. The lowest BCUT2D eigenvalue weighted by molar-refractivity contribution is 0.327. The van der Waals surface area contributed by atoms with E-state index in [2.05, 4.69) is 35.6 Å². The Hall–Kier alpha value is -1.66. The smallest absolute Gasteiger partial charge is 0.158 e. The van der Waals surface area contributed by atoms with Crippen LogP contribution in [0.1, 0.15) is 44.3 Å². The second kappa shape index (κ2) is 6.92. The fraction of sp³-hybridized carbons (Fsp3) is 0.526. The van der Waals surface area contributed by atoms with Gasteiger partial charge in [0.2, 0.25) is 0 Å². The number of imidazole rings is 1. The Labute approximate surface area is 150 Å². The van der Waals surface area contributed by atoms with E-state index in [0.717, 1.165) is 30.2 Å². The lowest BCUT2D eigenvalue weighted by Gasteiger charge is -2.16. The maximum atomic E-state index is 12.7. The SMILES string of the molecule is CC(C)(C)c1ncc(CN2CCC(S(=O)(=O)Cc3ccccc3)C2)[nH]1. The van der Waals surface area contributed by atoms with Gasteiger partial charge >= 0.3 is 0 Å². The van der Waals surface area contributed by atoms with Crippen LogP contribution in [0.5, 0.6) is 0 Å². The van der Waals surface area contributed by atoms with Gasteiger partial charge in [0.05, 0.1) is 11.0 Å². The Balaban J connectivity index is 1.60. The topological polar surface area (TPSA) is 66.1 Å². The van der Waals surface area contributed by atoms with Crippen molar-refractivity contribution in [2.24, 2.45) is 0 Å². The lowest BCUT2D eigenvalue weighted by Crippen LogP contribution is -2.28. The molecule has 0 aliphatic carbocycles. The molecule has 1 aromatic heterocycles. The van der Waals surface area contributed by atoms with Crippen molar-refractivity contribution >= 4 is 9.84 Å². The molecule has 0 bridgehead atoms. The van der Waals surface area contributed by atoms with Gasteiger partial charge in [-0.25, -0.2) is 13.4 Å². The third-order valence-corrected chi connectivity index (χ3v) is 6.82. The summed E-state index contributed by atoms with van der Waals surface area (Å²) in [6.45, 7) is 8.50. The van der Waals surface area contributed by atoms with Gasteiger partial charge in [0.1, 0.15) is 5.82 Å². The Morgan fingerprint density at radius 3 is 2.60 bits per heavy atom. The van der Waals surface area contributed by atoms with E-state index in [0.29, 0.717) is 13.0 Å². The van der Waals surface area contributed by atoms with Crippen LogP contribution in [0.15, 0.2) is 36.5 Å². The number of aromatic amines is 1. The molecule has 1 aromatic carbocycles. The molecular weight excluding hydrogens is 334 g/mol. The molecule has 1 aliphatic heterocycles. The van der Waals surface area contributed by atoms with Crippen molar-refractivity contribution in [3.05, 3.63) is 53.6 Å². The number of benzene rings is 1. The van der Waals surface area contributed by atoms with Gasteiger partial charge < -0.3 is 4.98 Å². The molecule has 1 unspecified atom stereocenters. The first kappa shape index (κ1) is 18.1. The summed E-state index contributed by atoms with van der Waals surface area (Å²) in [5.74, 6) is 1.10. The molecule has 1 saturated heterocycles. The number of hydrogen-bond donors (Lipinski definition) is 1. The van der Waals surface area contributed by atoms with Gasteiger partial charge in [0.15, 0.2) is 9.84 Å². The van der Waals surface area contributed by atoms with Crippen LogP contribution in [0.4, 0.5) is 0 Å². The molecule has 2 aromatic rings. The summed E-state index contributed by atoms with van der Waals surface area (Å²) in [4.78, 5) is 10.0. The zero-order chi connectivity index (χ0) is 18.1. The minimum atomic E-state index is -3.12. The van der Waals surface area contributed by atoms with E-state index in [4.69, 9.17) is 0 Å². The van der Waals surface area contributed by atoms with Gasteiger partial charge in [0, 0.05) is 30.4 Å². The molecule has 136 valence electrons. The maximum absolute atomic E-state index is 12.7. The van der Waals surface area contributed by atoms with Crippen LogP contribution in [0, 0.1) is 0 Å². The van der Waals surface area contributed by atoms with E-state index < -0.39 is 9.84 Å². The number of sulfone groups is 1. The van der Waals surface area contributed by atoms with Crippen LogP contribution >= 0.6 is 0 Å². The normalized spacial score (nSPS) is 19.4. The van der Waals surface area contributed by atoms with Crippen molar-refractivity contribution in [3.63, 3.8) is 0 Å². The molecule has 25 heavy (non-hydrogen) atoms. The van der Waals surface area contributed by atoms with Crippen LogP contribution in [0.25, 0.3) is 0 Å². The second-order valence-electron chi connectivity index (χ2n) is 7.95. The van der Waals surface area contributed by atoms with E-state index in [1.165, 1.54) is 0 Å². The Morgan fingerprint density at radius 2 is 1.96 bits per heavy atom. The molecule has 1 aliphatic rings. The highest BCUT2D eigenvalue weighted by Gasteiger charge is 2.33.